The molecule has 1 aliphatic rings. The average Bonchev–Trinajstić information content (AvgIpc) is 3.12. The summed E-state index contributed by atoms with van der Waals surface area (Å²) in [5.41, 5.74) is 1.57. The number of hydrogen-bond acceptors (Lipinski definition) is 6. The molecule has 1 aromatic heterocycles. The van der Waals surface area contributed by atoms with Gasteiger partial charge in [0.25, 0.3) is 0 Å². The number of piperidine rings is 1. The van der Waals surface area contributed by atoms with Crippen LogP contribution >= 0.6 is 11.3 Å². The van der Waals surface area contributed by atoms with Crippen molar-refractivity contribution in [1.29, 1.82) is 0 Å². The fraction of sp³-hybridized carbons (Fsp3) is 0.320. The lowest BCUT2D eigenvalue weighted by molar-refractivity contribution is -0.123. The van der Waals surface area contributed by atoms with Crippen LogP contribution in [-0.4, -0.2) is 41.3 Å². The lowest BCUT2D eigenvalue weighted by atomic mass is 9.97. The standard InChI is InChI=1S/C25H28N4O3S/c1-17-18(2)33-25(26-17)28-23(30)16-29-14-8-9-19(15-29)24(31)27-21-12-6-7-13-22(21)32-20-10-4-3-5-11-20/h3-7,10-13,19H,8-9,14-16H2,1-2H3,(H,27,31)(H,26,28,30). The SMILES string of the molecule is Cc1nc(NC(=O)CN2CCCC(C(=O)Nc3ccccc3Oc3ccccc3)C2)sc1C. The first kappa shape index (κ1) is 22.9. The van der Waals surface area contributed by atoms with Crippen molar-refractivity contribution in [2.45, 2.75) is 26.7 Å². The van der Waals surface area contributed by atoms with E-state index in [1.165, 1.54) is 11.3 Å². The second kappa shape index (κ2) is 10.6. The molecule has 1 unspecified atom stereocenters. The topological polar surface area (TPSA) is 83.6 Å². The normalized spacial score (nSPS) is 16.2. The number of ether oxygens (including phenoxy) is 1. The predicted octanol–water partition coefficient (Wildman–Crippen LogP) is 4.84. The number of aromatic nitrogens is 1. The third-order valence-electron chi connectivity index (χ3n) is 5.63. The molecule has 0 spiro atoms. The van der Waals surface area contributed by atoms with Crippen LogP contribution in [0, 0.1) is 19.8 Å². The monoisotopic (exact) mass is 464 g/mol. The zero-order valence-corrected chi connectivity index (χ0v) is 19.7. The van der Waals surface area contributed by atoms with Gasteiger partial charge in [0.05, 0.1) is 23.8 Å². The number of hydrogen-bond donors (Lipinski definition) is 2. The van der Waals surface area contributed by atoms with Crippen LogP contribution in [-0.2, 0) is 9.59 Å². The summed E-state index contributed by atoms with van der Waals surface area (Å²) in [6.07, 6.45) is 1.65. The lowest BCUT2D eigenvalue weighted by Gasteiger charge is -2.31. The van der Waals surface area contributed by atoms with Gasteiger partial charge < -0.3 is 15.4 Å². The Balaban J connectivity index is 1.34. The van der Waals surface area contributed by atoms with Crippen LogP contribution < -0.4 is 15.4 Å². The van der Waals surface area contributed by atoms with Gasteiger partial charge in [-0.25, -0.2) is 4.98 Å². The van der Waals surface area contributed by atoms with Gasteiger partial charge in [-0.2, -0.15) is 0 Å². The van der Waals surface area contributed by atoms with Gasteiger partial charge in [0.1, 0.15) is 5.75 Å². The van der Waals surface area contributed by atoms with Crippen molar-refractivity contribution < 1.29 is 14.3 Å². The van der Waals surface area contributed by atoms with Gasteiger partial charge in [0.2, 0.25) is 11.8 Å². The molecule has 3 aromatic rings. The van der Waals surface area contributed by atoms with E-state index in [9.17, 15) is 9.59 Å². The van der Waals surface area contributed by atoms with E-state index < -0.39 is 0 Å². The molecule has 2 aromatic carbocycles. The second-order valence-corrected chi connectivity index (χ2v) is 9.39. The van der Waals surface area contributed by atoms with Crippen LogP contribution in [0.4, 0.5) is 10.8 Å². The van der Waals surface area contributed by atoms with Crippen LogP contribution in [0.25, 0.3) is 0 Å². The zero-order valence-electron chi connectivity index (χ0n) is 18.8. The van der Waals surface area contributed by atoms with Gasteiger partial charge in [-0.3, -0.25) is 14.5 Å². The largest absolute Gasteiger partial charge is 0.455 e. The Morgan fingerprint density at radius 2 is 1.85 bits per heavy atom. The van der Waals surface area contributed by atoms with E-state index in [-0.39, 0.29) is 24.3 Å². The fourth-order valence-electron chi connectivity index (χ4n) is 3.81. The Bertz CT molecular complexity index is 1100. The summed E-state index contributed by atoms with van der Waals surface area (Å²) in [5, 5.41) is 6.52. The molecular formula is C25H28N4O3S. The number of thiazole rings is 1. The first-order chi connectivity index (χ1) is 16.0. The summed E-state index contributed by atoms with van der Waals surface area (Å²) < 4.78 is 5.96. The molecule has 2 heterocycles. The van der Waals surface area contributed by atoms with Crippen molar-refractivity contribution in [2.75, 3.05) is 30.3 Å². The Labute approximate surface area is 197 Å². The number of benzene rings is 2. The number of para-hydroxylation sites is 3. The number of anilines is 2. The molecule has 0 saturated carbocycles. The summed E-state index contributed by atoms with van der Waals surface area (Å²) >= 11 is 1.48. The number of likely N-dealkylation sites (tertiary alicyclic amines) is 1. The number of nitrogens with zero attached hydrogens (tertiary/aromatic N) is 2. The molecule has 2 amide bonds. The third kappa shape index (κ3) is 6.18. The maximum absolute atomic E-state index is 13.0. The molecule has 1 atom stereocenters. The molecule has 0 aliphatic carbocycles. The molecule has 33 heavy (non-hydrogen) atoms. The van der Waals surface area contributed by atoms with Crippen molar-refractivity contribution in [3.8, 4) is 11.5 Å². The van der Waals surface area contributed by atoms with Crippen molar-refractivity contribution >= 4 is 34.0 Å². The van der Waals surface area contributed by atoms with Crippen LogP contribution in [0.1, 0.15) is 23.4 Å². The quantitative estimate of drug-likeness (QED) is 0.523. The van der Waals surface area contributed by atoms with Crippen LogP contribution in [0.3, 0.4) is 0 Å². The van der Waals surface area contributed by atoms with Crippen LogP contribution in [0.5, 0.6) is 11.5 Å². The van der Waals surface area contributed by atoms with Gasteiger partial charge in [0, 0.05) is 11.4 Å². The molecule has 1 fully saturated rings. The number of carbonyl (C=O) groups is 2. The minimum Gasteiger partial charge on any atom is -0.455 e. The third-order valence-corrected chi connectivity index (χ3v) is 6.62. The lowest BCUT2D eigenvalue weighted by Crippen LogP contribution is -2.44. The van der Waals surface area contributed by atoms with Crippen molar-refractivity contribution in [2.24, 2.45) is 5.92 Å². The van der Waals surface area contributed by atoms with Crippen molar-refractivity contribution in [3.05, 3.63) is 65.2 Å². The Morgan fingerprint density at radius 1 is 1.09 bits per heavy atom. The highest BCUT2D eigenvalue weighted by Crippen LogP contribution is 2.30. The smallest absolute Gasteiger partial charge is 0.240 e. The Morgan fingerprint density at radius 3 is 2.61 bits per heavy atom. The van der Waals surface area contributed by atoms with Gasteiger partial charge in [-0.15, -0.1) is 11.3 Å². The molecule has 1 saturated heterocycles. The fourth-order valence-corrected chi connectivity index (χ4v) is 4.64. The van der Waals surface area contributed by atoms with E-state index in [1.807, 2.05) is 73.3 Å². The van der Waals surface area contributed by atoms with Gasteiger partial charge in [0.15, 0.2) is 10.9 Å². The zero-order chi connectivity index (χ0) is 23.2. The van der Waals surface area contributed by atoms with Crippen molar-refractivity contribution in [3.63, 3.8) is 0 Å². The summed E-state index contributed by atoms with van der Waals surface area (Å²) in [4.78, 5) is 33.0. The van der Waals surface area contributed by atoms with Crippen LogP contribution in [0.2, 0.25) is 0 Å². The van der Waals surface area contributed by atoms with E-state index in [1.54, 1.807) is 0 Å². The molecule has 1 aliphatic heterocycles. The van der Waals surface area contributed by atoms with E-state index in [4.69, 9.17) is 4.74 Å². The van der Waals surface area contributed by atoms with Gasteiger partial charge >= 0.3 is 0 Å². The molecular weight excluding hydrogens is 436 g/mol. The summed E-state index contributed by atoms with van der Waals surface area (Å²) in [6, 6.07) is 16.9. The minimum absolute atomic E-state index is 0.0598. The molecule has 0 bridgehead atoms. The molecule has 2 N–H and O–H groups in total. The summed E-state index contributed by atoms with van der Waals surface area (Å²) in [7, 11) is 0. The Kier molecular flexibility index (Phi) is 7.36. The molecule has 172 valence electrons. The van der Waals surface area contributed by atoms with Gasteiger partial charge in [-0.05, 0) is 57.5 Å². The van der Waals surface area contributed by atoms with Crippen molar-refractivity contribution in [1.82, 2.24) is 9.88 Å². The Hall–Kier alpha value is -3.23. The predicted molar refractivity (Wildman–Crippen MR) is 131 cm³/mol. The minimum atomic E-state index is -0.194. The first-order valence-electron chi connectivity index (χ1n) is 11.1. The van der Waals surface area contributed by atoms with Gasteiger partial charge in [-0.1, -0.05) is 30.3 Å². The van der Waals surface area contributed by atoms with E-state index in [2.05, 4.69) is 15.6 Å². The molecule has 0 radical (unpaired) electrons. The van der Waals surface area contributed by atoms with E-state index in [0.717, 1.165) is 30.0 Å². The highest BCUT2D eigenvalue weighted by atomic mass is 32.1. The molecule has 7 nitrogen and oxygen atoms in total. The second-order valence-electron chi connectivity index (χ2n) is 8.18. The molecule has 4 rings (SSSR count). The highest BCUT2D eigenvalue weighted by Gasteiger charge is 2.27. The number of aryl methyl sites for hydroxylation is 2. The number of amides is 2. The van der Waals surface area contributed by atoms with E-state index >= 15 is 0 Å². The molecule has 8 heteroatoms. The maximum atomic E-state index is 13.0. The number of nitrogens with one attached hydrogen (secondary N) is 2. The number of rotatable bonds is 7. The van der Waals surface area contributed by atoms with Crippen LogP contribution in [0.15, 0.2) is 54.6 Å². The summed E-state index contributed by atoms with van der Waals surface area (Å²) in [5.74, 6) is 0.945. The summed E-state index contributed by atoms with van der Waals surface area (Å²) in [6.45, 7) is 5.49. The first-order valence-corrected chi connectivity index (χ1v) is 11.9. The highest BCUT2D eigenvalue weighted by molar-refractivity contribution is 7.15. The average molecular weight is 465 g/mol. The number of carbonyl (C=O) groups excluding carboxylic acids is 2. The maximum Gasteiger partial charge on any atom is 0.240 e. The van der Waals surface area contributed by atoms with E-state index in [0.29, 0.717) is 28.9 Å².